The van der Waals surface area contributed by atoms with E-state index < -0.39 is 0 Å². The van der Waals surface area contributed by atoms with Gasteiger partial charge in [0.1, 0.15) is 6.61 Å². The molecular weight excluding hydrogens is 174 g/mol. The van der Waals surface area contributed by atoms with E-state index in [9.17, 15) is 0 Å². The van der Waals surface area contributed by atoms with Crippen molar-refractivity contribution < 1.29 is 4.74 Å². The quantitative estimate of drug-likeness (QED) is 0.678. The lowest BCUT2D eigenvalue weighted by Gasteiger charge is -2.16. The third-order valence-electron chi connectivity index (χ3n) is 2.02. The molecule has 76 valence electrons. The fourth-order valence-electron chi connectivity index (χ4n) is 0.980. The normalized spacial score (nSPS) is 9.64. The van der Waals surface area contributed by atoms with Crippen molar-refractivity contribution in [2.24, 2.45) is 0 Å². The Hall–Kier alpha value is -1.44. The van der Waals surface area contributed by atoms with Crippen LogP contribution in [0.25, 0.3) is 0 Å². The highest BCUT2D eigenvalue weighted by molar-refractivity contribution is 5.20. The minimum absolute atomic E-state index is 0.581. The molecule has 14 heavy (non-hydrogen) atoms. The van der Waals surface area contributed by atoms with Crippen molar-refractivity contribution in [1.82, 2.24) is 4.90 Å². The topological polar surface area (TPSA) is 12.5 Å². The molecule has 0 N–H and O–H groups in total. The van der Waals surface area contributed by atoms with Gasteiger partial charge in [-0.2, -0.15) is 0 Å². The number of aryl methyl sites for hydroxylation is 1. The van der Waals surface area contributed by atoms with Gasteiger partial charge < -0.3 is 9.64 Å². The second-order valence-corrected chi connectivity index (χ2v) is 3.56. The van der Waals surface area contributed by atoms with Crippen molar-refractivity contribution in [3.05, 3.63) is 47.9 Å². The lowest BCUT2D eigenvalue weighted by molar-refractivity contribution is 0.131. The Morgan fingerprint density at radius 2 is 1.86 bits per heavy atom. The van der Waals surface area contributed by atoms with Crippen molar-refractivity contribution in [3.8, 4) is 0 Å². The molecule has 0 aliphatic rings. The predicted molar refractivity (Wildman–Crippen MR) is 58.8 cm³/mol. The first-order valence-corrected chi connectivity index (χ1v) is 4.64. The van der Waals surface area contributed by atoms with Crippen LogP contribution in [0.5, 0.6) is 0 Å². The molecule has 0 saturated heterocycles. The molecule has 0 saturated carbocycles. The average Bonchev–Trinajstić information content (AvgIpc) is 2.16. The molecule has 0 radical (unpaired) electrons. The van der Waals surface area contributed by atoms with Crippen LogP contribution in [0.3, 0.4) is 0 Å². The minimum Gasteiger partial charge on any atom is -0.475 e. The van der Waals surface area contributed by atoms with Gasteiger partial charge in [-0.1, -0.05) is 29.8 Å². The molecule has 0 spiro atoms. The summed E-state index contributed by atoms with van der Waals surface area (Å²) in [5.41, 5.74) is 2.43. The third-order valence-corrected chi connectivity index (χ3v) is 2.02. The second kappa shape index (κ2) is 4.70. The van der Waals surface area contributed by atoms with Gasteiger partial charge in [-0.25, -0.2) is 0 Å². The van der Waals surface area contributed by atoms with Gasteiger partial charge in [0, 0.05) is 14.1 Å². The van der Waals surface area contributed by atoms with Crippen LogP contribution in [0.1, 0.15) is 11.1 Å². The first kappa shape index (κ1) is 10.6. The number of ether oxygens (including phenoxy) is 1. The summed E-state index contributed by atoms with van der Waals surface area (Å²) in [5, 5.41) is 0. The molecule has 2 heteroatoms. The predicted octanol–water partition coefficient (Wildman–Crippen LogP) is 2.54. The summed E-state index contributed by atoms with van der Waals surface area (Å²) in [5.74, 6) is 0.686. The highest BCUT2D eigenvalue weighted by Gasteiger charge is 1.97. The van der Waals surface area contributed by atoms with Crippen molar-refractivity contribution in [1.29, 1.82) is 0 Å². The van der Waals surface area contributed by atoms with E-state index in [1.165, 1.54) is 11.1 Å². The summed E-state index contributed by atoms with van der Waals surface area (Å²) < 4.78 is 5.46. The summed E-state index contributed by atoms with van der Waals surface area (Å²) in [6, 6.07) is 8.30. The smallest absolute Gasteiger partial charge is 0.181 e. The van der Waals surface area contributed by atoms with Crippen LogP contribution < -0.4 is 0 Å². The van der Waals surface area contributed by atoms with Gasteiger partial charge in [0.15, 0.2) is 5.88 Å². The van der Waals surface area contributed by atoms with E-state index in [1.807, 2.05) is 19.0 Å². The third kappa shape index (κ3) is 3.13. The molecule has 0 aromatic heterocycles. The molecule has 1 aromatic rings. The van der Waals surface area contributed by atoms with Crippen molar-refractivity contribution in [2.45, 2.75) is 13.5 Å². The fourth-order valence-corrected chi connectivity index (χ4v) is 0.980. The zero-order valence-electron chi connectivity index (χ0n) is 9.08. The van der Waals surface area contributed by atoms with Gasteiger partial charge in [-0.05, 0) is 19.1 Å². The number of rotatable bonds is 4. The summed E-state index contributed by atoms with van der Waals surface area (Å²) >= 11 is 0. The number of nitrogens with zero attached hydrogens (tertiary/aromatic N) is 1. The maximum atomic E-state index is 5.46. The Morgan fingerprint density at radius 3 is 2.36 bits per heavy atom. The van der Waals surface area contributed by atoms with Gasteiger partial charge >= 0.3 is 0 Å². The molecule has 0 amide bonds. The van der Waals surface area contributed by atoms with Crippen LogP contribution in [-0.4, -0.2) is 19.0 Å². The fraction of sp³-hybridized carbons (Fsp3) is 0.333. The largest absolute Gasteiger partial charge is 0.475 e. The standard InChI is InChI=1S/C12H17NO/c1-10-5-7-12(8-6-10)9-14-11(2)13(3)4/h5-8H,2,9H2,1,3-4H3. The van der Waals surface area contributed by atoms with Crippen molar-refractivity contribution in [3.63, 3.8) is 0 Å². The van der Waals surface area contributed by atoms with E-state index >= 15 is 0 Å². The summed E-state index contributed by atoms with van der Waals surface area (Å²) in [6.07, 6.45) is 0. The molecule has 0 unspecified atom stereocenters. The molecular formula is C12H17NO. The zero-order valence-corrected chi connectivity index (χ0v) is 9.08. The van der Waals surface area contributed by atoms with E-state index in [1.54, 1.807) is 0 Å². The van der Waals surface area contributed by atoms with Gasteiger partial charge in [-0.15, -0.1) is 0 Å². The minimum atomic E-state index is 0.581. The molecule has 0 fully saturated rings. The second-order valence-electron chi connectivity index (χ2n) is 3.56. The molecule has 1 aromatic carbocycles. The highest BCUT2D eigenvalue weighted by atomic mass is 16.5. The molecule has 0 aliphatic heterocycles. The van der Waals surface area contributed by atoms with E-state index in [0.717, 1.165) is 0 Å². The maximum Gasteiger partial charge on any atom is 0.181 e. The lowest BCUT2D eigenvalue weighted by atomic mass is 10.2. The molecule has 2 nitrogen and oxygen atoms in total. The molecule has 0 aliphatic carbocycles. The van der Waals surface area contributed by atoms with E-state index in [-0.39, 0.29) is 0 Å². The monoisotopic (exact) mass is 191 g/mol. The summed E-state index contributed by atoms with van der Waals surface area (Å²) in [4.78, 5) is 1.86. The Labute approximate surface area is 85.8 Å². The van der Waals surface area contributed by atoms with Crippen molar-refractivity contribution in [2.75, 3.05) is 14.1 Å². The molecule has 0 bridgehead atoms. The van der Waals surface area contributed by atoms with Gasteiger partial charge in [0.25, 0.3) is 0 Å². The molecule has 1 rings (SSSR count). The summed E-state index contributed by atoms with van der Waals surface area (Å²) in [7, 11) is 3.83. The van der Waals surface area contributed by atoms with Crippen molar-refractivity contribution >= 4 is 0 Å². The Bertz CT molecular complexity index is 301. The van der Waals surface area contributed by atoms with Crippen LogP contribution in [0.4, 0.5) is 0 Å². The van der Waals surface area contributed by atoms with Crippen LogP contribution in [0.2, 0.25) is 0 Å². The lowest BCUT2D eigenvalue weighted by Crippen LogP contribution is -2.12. The van der Waals surface area contributed by atoms with Gasteiger partial charge in [0.05, 0.1) is 0 Å². The van der Waals surface area contributed by atoms with Gasteiger partial charge in [-0.3, -0.25) is 0 Å². The first-order chi connectivity index (χ1) is 6.59. The number of hydrogen-bond acceptors (Lipinski definition) is 2. The number of benzene rings is 1. The van der Waals surface area contributed by atoms with Crippen LogP contribution in [0, 0.1) is 6.92 Å². The van der Waals surface area contributed by atoms with Crippen LogP contribution >= 0.6 is 0 Å². The highest BCUT2D eigenvalue weighted by Crippen LogP contribution is 2.07. The average molecular weight is 191 g/mol. The maximum absolute atomic E-state index is 5.46. The van der Waals surface area contributed by atoms with E-state index in [2.05, 4.69) is 37.8 Å². The Kier molecular flexibility index (Phi) is 3.57. The molecule has 0 heterocycles. The van der Waals surface area contributed by atoms with E-state index in [0.29, 0.717) is 12.5 Å². The summed E-state index contributed by atoms with van der Waals surface area (Å²) in [6.45, 7) is 6.44. The Morgan fingerprint density at radius 1 is 1.29 bits per heavy atom. The SMILES string of the molecule is C=C(OCc1ccc(C)cc1)N(C)C. The van der Waals surface area contributed by atoms with Crippen LogP contribution in [0.15, 0.2) is 36.7 Å². The van der Waals surface area contributed by atoms with Gasteiger partial charge in [0.2, 0.25) is 0 Å². The van der Waals surface area contributed by atoms with E-state index in [4.69, 9.17) is 4.74 Å². The Balaban J connectivity index is 2.46. The zero-order chi connectivity index (χ0) is 10.6. The molecule has 0 atom stereocenters. The first-order valence-electron chi connectivity index (χ1n) is 4.64. The van der Waals surface area contributed by atoms with Crippen LogP contribution in [-0.2, 0) is 11.3 Å². The number of hydrogen-bond donors (Lipinski definition) is 0.